The molecule has 0 aliphatic carbocycles. The number of rotatable bonds is 4. The molecule has 1 fully saturated rings. The van der Waals surface area contributed by atoms with Crippen LogP contribution < -0.4 is 15.4 Å². The highest BCUT2D eigenvalue weighted by Gasteiger charge is 2.38. The summed E-state index contributed by atoms with van der Waals surface area (Å²) >= 11 is 0. The van der Waals surface area contributed by atoms with Gasteiger partial charge in [0.25, 0.3) is 5.91 Å². The summed E-state index contributed by atoms with van der Waals surface area (Å²) in [5.74, 6) is 1.49. The molecule has 0 saturated carbocycles. The zero-order valence-corrected chi connectivity index (χ0v) is 16.9. The minimum absolute atomic E-state index is 0.00517. The molecule has 0 aromatic heterocycles. The molecular formula is C23H30N2O2. The molecule has 0 atom stereocenters. The van der Waals surface area contributed by atoms with Crippen LogP contribution in [-0.2, 0) is 0 Å². The summed E-state index contributed by atoms with van der Waals surface area (Å²) in [7, 11) is 0. The van der Waals surface area contributed by atoms with Gasteiger partial charge >= 0.3 is 0 Å². The highest BCUT2D eigenvalue weighted by atomic mass is 16.5. The minimum atomic E-state index is -0.0318. The topological polar surface area (TPSA) is 50.4 Å². The summed E-state index contributed by atoms with van der Waals surface area (Å²) in [6, 6.07) is 15.4. The maximum atomic E-state index is 12.7. The van der Waals surface area contributed by atoms with E-state index in [1.807, 2.05) is 55.5 Å². The highest BCUT2D eigenvalue weighted by molar-refractivity contribution is 5.94. The second-order valence-corrected chi connectivity index (χ2v) is 8.91. The zero-order chi connectivity index (χ0) is 19.7. The lowest BCUT2D eigenvalue weighted by atomic mass is 9.79. The van der Waals surface area contributed by atoms with Crippen molar-refractivity contribution in [3.8, 4) is 11.5 Å². The molecule has 144 valence electrons. The van der Waals surface area contributed by atoms with E-state index in [0.717, 1.165) is 29.9 Å². The number of piperidine rings is 1. The standard InChI is InChI=1S/C23H30N2O2/c1-16-7-6-8-20(13-16)27-19-11-9-17(10-12-19)21(26)24-18-14-22(2,3)25-23(4,5)15-18/h6-13,18,25H,14-15H2,1-5H3,(H,24,26). The maximum absolute atomic E-state index is 12.7. The number of carbonyl (C=O) groups excluding carboxylic acids is 1. The van der Waals surface area contributed by atoms with Crippen molar-refractivity contribution in [3.05, 3.63) is 59.7 Å². The molecule has 1 saturated heterocycles. The van der Waals surface area contributed by atoms with Gasteiger partial charge < -0.3 is 15.4 Å². The fraction of sp³-hybridized carbons (Fsp3) is 0.435. The molecule has 1 aliphatic rings. The molecule has 4 heteroatoms. The second kappa shape index (κ2) is 7.35. The third-order valence-corrected chi connectivity index (χ3v) is 4.87. The van der Waals surface area contributed by atoms with Crippen molar-refractivity contribution < 1.29 is 9.53 Å². The first-order chi connectivity index (χ1) is 12.6. The first kappa shape index (κ1) is 19.4. The smallest absolute Gasteiger partial charge is 0.251 e. The predicted molar refractivity (Wildman–Crippen MR) is 109 cm³/mol. The van der Waals surface area contributed by atoms with Crippen molar-refractivity contribution >= 4 is 5.91 Å². The fourth-order valence-electron chi connectivity index (χ4n) is 4.18. The molecule has 1 amide bonds. The van der Waals surface area contributed by atoms with E-state index in [9.17, 15) is 4.79 Å². The quantitative estimate of drug-likeness (QED) is 0.815. The van der Waals surface area contributed by atoms with Gasteiger partial charge in [-0.2, -0.15) is 0 Å². The normalized spacial score (nSPS) is 18.7. The van der Waals surface area contributed by atoms with Gasteiger partial charge in [-0.3, -0.25) is 4.79 Å². The van der Waals surface area contributed by atoms with Gasteiger partial charge in [0, 0.05) is 22.7 Å². The number of hydrogen-bond donors (Lipinski definition) is 2. The highest BCUT2D eigenvalue weighted by Crippen LogP contribution is 2.29. The third kappa shape index (κ3) is 5.33. The summed E-state index contributed by atoms with van der Waals surface area (Å²) in [4.78, 5) is 12.7. The monoisotopic (exact) mass is 366 g/mol. The van der Waals surface area contributed by atoms with Crippen molar-refractivity contribution in [2.75, 3.05) is 0 Å². The van der Waals surface area contributed by atoms with Gasteiger partial charge in [0.05, 0.1) is 0 Å². The van der Waals surface area contributed by atoms with E-state index in [1.165, 1.54) is 0 Å². The van der Waals surface area contributed by atoms with Crippen LogP contribution in [-0.4, -0.2) is 23.0 Å². The molecule has 0 spiro atoms. The van der Waals surface area contributed by atoms with Crippen LogP contribution >= 0.6 is 0 Å². The zero-order valence-electron chi connectivity index (χ0n) is 16.9. The molecule has 0 unspecified atom stereocenters. The Morgan fingerprint density at radius 2 is 1.63 bits per heavy atom. The SMILES string of the molecule is Cc1cccc(Oc2ccc(C(=O)NC3CC(C)(C)NC(C)(C)C3)cc2)c1. The first-order valence-corrected chi connectivity index (χ1v) is 9.57. The largest absolute Gasteiger partial charge is 0.457 e. The Balaban J connectivity index is 1.64. The minimum Gasteiger partial charge on any atom is -0.457 e. The van der Waals surface area contributed by atoms with Crippen molar-refractivity contribution in [2.24, 2.45) is 0 Å². The van der Waals surface area contributed by atoms with Crippen LogP contribution in [0.1, 0.15) is 56.5 Å². The average molecular weight is 367 g/mol. The van der Waals surface area contributed by atoms with E-state index >= 15 is 0 Å². The number of carbonyl (C=O) groups is 1. The molecule has 0 bridgehead atoms. The Bertz CT molecular complexity index is 793. The molecule has 1 heterocycles. The van der Waals surface area contributed by atoms with E-state index in [0.29, 0.717) is 5.56 Å². The summed E-state index contributed by atoms with van der Waals surface area (Å²) in [5, 5.41) is 6.84. The van der Waals surface area contributed by atoms with E-state index < -0.39 is 0 Å². The Kier molecular flexibility index (Phi) is 5.29. The molecule has 4 nitrogen and oxygen atoms in total. The Morgan fingerprint density at radius 1 is 1.00 bits per heavy atom. The van der Waals surface area contributed by atoms with E-state index in [4.69, 9.17) is 4.74 Å². The van der Waals surface area contributed by atoms with Crippen molar-refractivity contribution in [1.82, 2.24) is 10.6 Å². The van der Waals surface area contributed by atoms with Crippen molar-refractivity contribution in [2.45, 2.75) is 64.6 Å². The van der Waals surface area contributed by atoms with E-state index in [-0.39, 0.29) is 23.0 Å². The first-order valence-electron chi connectivity index (χ1n) is 9.57. The van der Waals surface area contributed by atoms with Gasteiger partial charge in [0.2, 0.25) is 0 Å². The lowest BCUT2D eigenvalue weighted by molar-refractivity contribution is 0.0873. The van der Waals surface area contributed by atoms with Gasteiger partial charge in [-0.1, -0.05) is 12.1 Å². The summed E-state index contributed by atoms with van der Waals surface area (Å²) < 4.78 is 5.86. The fourth-order valence-corrected chi connectivity index (χ4v) is 4.18. The number of benzene rings is 2. The average Bonchev–Trinajstić information content (AvgIpc) is 2.52. The molecule has 2 aromatic rings. The summed E-state index contributed by atoms with van der Waals surface area (Å²) in [6.07, 6.45) is 1.83. The third-order valence-electron chi connectivity index (χ3n) is 4.87. The number of ether oxygens (including phenoxy) is 1. The molecule has 1 aliphatic heterocycles. The van der Waals surface area contributed by atoms with Crippen LogP contribution in [0.3, 0.4) is 0 Å². The summed E-state index contributed by atoms with van der Waals surface area (Å²) in [5.41, 5.74) is 1.81. The Morgan fingerprint density at radius 3 is 2.22 bits per heavy atom. The molecule has 0 radical (unpaired) electrons. The number of amides is 1. The lowest BCUT2D eigenvalue weighted by Gasteiger charge is -2.46. The number of nitrogens with one attached hydrogen (secondary N) is 2. The van der Waals surface area contributed by atoms with Crippen LogP contribution in [0.5, 0.6) is 11.5 Å². The van der Waals surface area contributed by atoms with Crippen molar-refractivity contribution in [1.29, 1.82) is 0 Å². The number of aryl methyl sites for hydroxylation is 1. The second-order valence-electron chi connectivity index (χ2n) is 8.91. The number of hydrogen-bond acceptors (Lipinski definition) is 3. The van der Waals surface area contributed by atoms with Crippen LogP contribution in [0, 0.1) is 6.92 Å². The summed E-state index contributed by atoms with van der Waals surface area (Å²) in [6.45, 7) is 10.8. The molecule has 2 aromatic carbocycles. The van der Waals surface area contributed by atoms with E-state index in [2.05, 4.69) is 38.3 Å². The van der Waals surface area contributed by atoms with Gasteiger partial charge in [-0.25, -0.2) is 0 Å². The molecule has 2 N–H and O–H groups in total. The van der Waals surface area contributed by atoms with Crippen LogP contribution in [0.4, 0.5) is 0 Å². The van der Waals surface area contributed by atoms with Gasteiger partial charge in [0.15, 0.2) is 0 Å². The molecule has 3 rings (SSSR count). The van der Waals surface area contributed by atoms with Gasteiger partial charge in [-0.15, -0.1) is 0 Å². The molecular weight excluding hydrogens is 336 g/mol. The maximum Gasteiger partial charge on any atom is 0.251 e. The predicted octanol–water partition coefficient (Wildman–Crippen LogP) is 4.83. The van der Waals surface area contributed by atoms with Crippen molar-refractivity contribution in [3.63, 3.8) is 0 Å². The van der Waals surface area contributed by atoms with Gasteiger partial charge in [-0.05, 0) is 89.4 Å². The van der Waals surface area contributed by atoms with Gasteiger partial charge in [0.1, 0.15) is 11.5 Å². The van der Waals surface area contributed by atoms with Crippen LogP contribution in [0.15, 0.2) is 48.5 Å². The Labute approximate surface area is 162 Å². The van der Waals surface area contributed by atoms with E-state index in [1.54, 1.807) is 0 Å². The van der Waals surface area contributed by atoms with Crippen LogP contribution in [0.2, 0.25) is 0 Å². The Hall–Kier alpha value is -2.33. The van der Waals surface area contributed by atoms with Crippen LogP contribution in [0.25, 0.3) is 0 Å². The molecule has 27 heavy (non-hydrogen) atoms. The lowest BCUT2D eigenvalue weighted by Crippen LogP contribution is -2.62.